The van der Waals surface area contributed by atoms with Crippen LogP contribution in [0.2, 0.25) is 0 Å². The lowest BCUT2D eigenvalue weighted by Crippen LogP contribution is -2.66. The molecule has 0 heterocycles. The van der Waals surface area contributed by atoms with Crippen molar-refractivity contribution in [2.75, 3.05) is 25.0 Å². The second kappa shape index (κ2) is 28.9. The first-order valence-electron chi connectivity index (χ1n) is 27.0. The number of benzene rings is 5. The van der Waals surface area contributed by atoms with Crippen LogP contribution in [0.3, 0.4) is 0 Å². The summed E-state index contributed by atoms with van der Waals surface area (Å²) in [5.41, 5.74) is 4.76. The Balaban J connectivity index is 0.864. The van der Waals surface area contributed by atoms with Gasteiger partial charge in [0.2, 0.25) is 17.7 Å². The highest BCUT2D eigenvalue weighted by atomic mass is 16.6. The van der Waals surface area contributed by atoms with Crippen molar-refractivity contribution in [1.29, 1.82) is 0 Å². The van der Waals surface area contributed by atoms with E-state index >= 15 is 0 Å². The number of hydrogen-bond acceptors (Lipinski definition) is 10. The van der Waals surface area contributed by atoms with Gasteiger partial charge in [-0.25, -0.2) is 9.59 Å². The zero-order chi connectivity index (χ0) is 56.1. The van der Waals surface area contributed by atoms with Crippen LogP contribution < -0.4 is 31.3 Å². The van der Waals surface area contributed by atoms with E-state index in [2.05, 4.69) is 38.7 Å². The molecule has 0 bridgehead atoms. The van der Waals surface area contributed by atoms with Gasteiger partial charge in [0.15, 0.2) is 0 Å². The summed E-state index contributed by atoms with van der Waals surface area (Å²) in [6.07, 6.45) is 3.77. The number of unbranched alkanes of at least 4 members (excludes halogenated alkanes) is 4. The van der Waals surface area contributed by atoms with Crippen LogP contribution >= 0.6 is 0 Å². The minimum absolute atomic E-state index is 0.0275. The number of anilines is 1. The van der Waals surface area contributed by atoms with Crippen molar-refractivity contribution >= 4 is 47.5 Å². The summed E-state index contributed by atoms with van der Waals surface area (Å²) in [6.45, 7) is 9.47. The van der Waals surface area contributed by atoms with E-state index in [0.29, 0.717) is 36.3 Å². The highest BCUT2D eigenvalue weighted by Gasteiger charge is 2.50. The van der Waals surface area contributed by atoms with E-state index in [9.17, 15) is 38.7 Å². The first-order chi connectivity index (χ1) is 37.4. The van der Waals surface area contributed by atoms with Crippen molar-refractivity contribution in [1.82, 2.24) is 21.3 Å². The zero-order valence-electron chi connectivity index (χ0n) is 45.5. The Morgan fingerprint density at radius 2 is 1.26 bits per heavy atom. The van der Waals surface area contributed by atoms with Crippen LogP contribution in [0.25, 0.3) is 11.1 Å². The molecule has 78 heavy (non-hydrogen) atoms. The van der Waals surface area contributed by atoms with Crippen LogP contribution in [0.5, 0.6) is 5.75 Å². The molecule has 0 aliphatic heterocycles. The van der Waals surface area contributed by atoms with Gasteiger partial charge < -0.3 is 45.9 Å². The molecule has 414 valence electrons. The zero-order valence-corrected chi connectivity index (χ0v) is 45.5. The normalized spacial score (nSPS) is 12.9. The van der Waals surface area contributed by atoms with Crippen LogP contribution in [0.15, 0.2) is 127 Å². The molecule has 0 aromatic heterocycles. The SMILES string of the molecule is CC(C)C[C@H](NC(=O)OCC1c2ccccc2-c2ccccc21)C(=O)Nc1ccccc1CC(=O)Oc1ccc(CCCCCCCC(=O)NCCNC(=O)[C@@](CCC(=O)O)(NC(=O)OCc2ccccc2)C(C)(C)C)cc1. The number of amides is 5. The third kappa shape index (κ3) is 17.5. The number of fused-ring (bicyclic) bond motifs is 3. The Bertz CT molecular complexity index is 2780. The van der Waals surface area contributed by atoms with Gasteiger partial charge in [-0.3, -0.25) is 24.0 Å². The lowest BCUT2D eigenvalue weighted by Gasteiger charge is -2.43. The van der Waals surface area contributed by atoms with E-state index < -0.39 is 52.9 Å². The summed E-state index contributed by atoms with van der Waals surface area (Å²) in [7, 11) is 0. The topological polar surface area (TPSA) is 228 Å². The van der Waals surface area contributed by atoms with Crippen molar-refractivity contribution in [2.45, 2.75) is 129 Å². The predicted molar refractivity (Wildman–Crippen MR) is 299 cm³/mol. The summed E-state index contributed by atoms with van der Waals surface area (Å²) in [5.74, 6) is -2.40. The molecule has 16 heteroatoms. The van der Waals surface area contributed by atoms with Crippen molar-refractivity contribution in [2.24, 2.45) is 11.3 Å². The fourth-order valence-electron chi connectivity index (χ4n) is 9.67. The van der Waals surface area contributed by atoms with E-state index in [1.807, 2.05) is 80.6 Å². The molecule has 0 unspecified atom stereocenters. The van der Waals surface area contributed by atoms with Gasteiger partial charge in [0.05, 0.1) is 6.42 Å². The molecule has 16 nitrogen and oxygen atoms in total. The average molecular weight is 1070 g/mol. The van der Waals surface area contributed by atoms with E-state index in [0.717, 1.165) is 65.5 Å². The maximum absolute atomic E-state index is 13.7. The van der Waals surface area contributed by atoms with Crippen LogP contribution in [0, 0.1) is 11.3 Å². The molecule has 0 fully saturated rings. The number of aryl methyl sites for hydroxylation is 1. The number of rotatable bonds is 28. The number of esters is 1. The maximum atomic E-state index is 13.7. The highest BCUT2D eigenvalue weighted by Crippen LogP contribution is 2.44. The summed E-state index contributed by atoms with van der Waals surface area (Å²) < 4.78 is 16.8. The molecular formula is C62H75N5O11. The first kappa shape index (κ1) is 59.2. The summed E-state index contributed by atoms with van der Waals surface area (Å²) in [5, 5.41) is 23.5. The van der Waals surface area contributed by atoms with E-state index in [4.69, 9.17) is 14.2 Å². The fourth-order valence-corrected chi connectivity index (χ4v) is 9.67. The lowest BCUT2D eigenvalue weighted by atomic mass is 9.70. The minimum Gasteiger partial charge on any atom is -0.481 e. The number of carbonyl (C=O) groups is 7. The van der Waals surface area contributed by atoms with Crippen molar-refractivity contribution in [3.05, 3.63) is 155 Å². The number of alkyl carbamates (subject to hydrolysis) is 2. The third-order valence-electron chi connectivity index (χ3n) is 13.9. The van der Waals surface area contributed by atoms with Crippen molar-refractivity contribution < 1.29 is 52.9 Å². The Morgan fingerprint density at radius 3 is 1.92 bits per heavy atom. The molecule has 1 aliphatic carbocycles. The molecule has 1 aliphatic rings. The van der Waals surface area contributed by atoms with Crippen LogP contribution in [-0.4, -0.2) is 78.2 Å². The maximum Gasteiger partial charge on any atom is 0.408 e. The standard InChI is InChI=1S/C62H75N5O11/c1-42(2)38-53(66-59(74)77-41-51-49-26-17-15-24-47(49)48-25-16-18-27-50(48)51)57(72)65-52-28-19-14-23-45(52)39-56(71)78-46-32-30-43(31-33-46)20-10-7-6-8-13-29-54(68)63-36-37-64-58(73)62(61(3,4)5,35-34-55(69)70)67-60(75)76-40-44-21-11-9-12-22-44/h9,11-12,14-19,21-28,30-33,42,51,53H,6-8,10,13,20,29,34-41H2,1-5H3,(H,63,68)(H,64,73)(H,65,72)(H,66,74)(H,67,75)(H,69,70)/t53-,62+/m0/s1. The summed E-state index contributed by atoms with van der Waals surface area (Å²) in [6, 6.07) is 38.7. The number of nitrogens with one attached hydrogen (secondary N) is 5. The molecule has 5 aromatic rings. The Kier molecular flexibility index (Phi) is 22.0. The Morgan fingerprint density at radius 1 is 0.641 bits per heavy atom. The molecule has 5 aromatic carbocycles. The summed E-state index contributed by atoms with van der Waals surface area (Å²) >= 11 is 0. The smallest absolute Gasteiger partial charge is 0.408 e. The van der Waals surface area contributed by atoms with Crippen LogP contribution in [0.4, 0.5) is 15.3 Å². The van der Waals surface area contributed by atoms with Gasteiger partial charge in [-0.1, -0.05) is 163 Å². The van der Waals surface area contributed by atoms with Gasteiger partial charge >= 0.3 is 24.1 Å². The Hall–Kier alpha value is -8.01. The third-order valence-corrected chi connectivity index (χ3v) is 13.9. The second-order valence-corrected chi connectivity index (χ2v) is 21.2. The van der Waals surface area contributed by atoms with Gasteiger partial charge in [0.1, 0.15) is 30.5 Å². The number of ether oxygens (including phenoxy) is 3. The van der Waals surface area contributed by atoms with Gasteiger partial charge in [0.25, 0.3) is 0 Å². The number of carboxylic acids is 1. The number of hydrogen-bond donors (Lipinski definition) is 6. The Labute approximate surface area is 457 Å². The second-order valence-electron chi connectivity index (χ2n) is 21.2. The van der Waals surface area contributed by atoms with Crippen LogP contribution in [-0.2, 0) is 52.9 Å². The average Bonchev–Trinajstić information content (AvgIpc) is 3.80. The van der Waals surface area contributed by atoms with Crippen LogP contribution in [0.1, 0.15) is 126 Å². The molecule has 0 spiro atoms. The lowest BCUT2D eigenvalue weighted by molar-refractivity contribution is -0.139. The molecule has 5 amide bonds. The highest BCUT2D eigenvalue weighted by molar-refractivity contribution is 5.98. The number of aliphatic carboxylic acids is 1. The van der Waals surface area contributed by atoms with Gasteiger partial charge in [-0.2, -0.15) is 0 Å². The molecule has 0 saturated carbocycles. The van der Waals surface area contributed by atoms with Gasteiger partial charge in [0, 0.05) is 37.5 Å². The molecule has 0 radical (unpaired) electrons. The van der Waals surface area contributed by atoms with Gasteiger partial charge in [-0.15, -0.1) is 0 Å². The number of carbonyl (C=O) groups excluding carboxylic acids is 6. The number of carboxylic acid groups (broad SMARTS) is 1. The van der Waals surface area contributed by atoms with Gasteiger partial charge in [-0.05, 0) is 101 Å². The van der Waals surface area contributed by atoms with E-state index in [-0.39, 0.29) is 63.3 Å². The molecule has 6 rings (SSSR count). The fraction of sp³-hybridized carbons (Fsp3) is 0.403. The van der Waals surface area contributed by atoms with Crippen molar-refractivity contribution in [3.63, 3.8) is 0 Å². The molecule has 6 N–H and O–H groups in total. The van der Waals surface area contributed by atoms with Crippen molar-refractivity contribution in [3.8, 4) is 16.9 Å². The summed E-state index contributed by atoms with van der Waals surface area (Å²) in [4.78, 5) is 91.0. The number of para-hydroxylation sites is 1. The quantitative estimate of drug-likeness (QED) is 0.0157. The predicted octanol–water partition coefficient (Wildman–Crippen LogP) is 10.4. The molecule has 0 saturated heterocycles. The first-order valence-corrected chi connectivity index (χ1v) is 27.0. The molecule has 2 atom stereocenters. The largest absolute Gasteiger partial charge is 0.481 e. The van der Waals surface area contributed by atoms with E-state index in [1.54, 1.807) is 69.3 Å². The van der Waals surface area contributed by atoms with E-state index in [1.165, 1.54) is 0 Å². The molecular weight excluding hydrogens is 991 g/mol. The minimum atomic E-state index is -1.61. The monoisotopic (exact) mass is 1070 g/mol.